The molecular weight excluding hydrogens is 334 g/mol. The van der Waals surface area contributed by atoms with Gasteiger partial charge in [-0.3, -0.25) is 4.79 Å². The van der Waals surface area contributed by atoms with Gasteiger partial charge < -0.3 is 10.1 Å². The number of benzene rings is 2. The second kappa shape index (κ2) is 10.1. The minimum Gasteiger partial charge on any atom is -0.494 e. The Kier molecular flexibility index (Phi) is 7.32. The van der Waals surface area contributed by atoms with Crippen LogP contribution in [0, 0.1) is 0 Å². The van der Waals surface area contributed by atoms with Crippen molar-refractivity contribution in [3.05, 3.63) is 65.2 Å². The SMILES string of the molecule is CCC(=O)NCCC1CCc2ccc(OCCCCc3ccccc3)cc21. The molecule has 3 rings (SSSR count). The predicted molar refractivity (Wildman–Crippen MR) is 110 cm³/mol. The maximum absolute atomic E-state index is 11.4. The fourth-order valence-corrected chi connectivity index (χ4v) is 3.83. The maximum Gasteiger partial charge on any atom is 0.219 e. The van der Waals surface area contributed by atoms with Crippen LogP contribution in [0.3, 0.4) is 0 Å². The molecule has 1 amide bonds. The minimum absolute atomic E-state index is 0.140. The molecular formula is C24H31NO2. The number of unbranched alkanes of at least 4 members (excludes halogenated alkanes) is 1. The van der Waals surface area contributed by atoms with Crippen molar-refractivity contribution < 1.29 is 9.53 Å². The summed E-state index contributed by atoms with van der Waals surface area (Å²) >= 11 is 0. The molecule has 0 saturated heterocycles. The lowest BCUT2D eigenvalue weighted by Crippen LogP contribution is -2.24. The number of aryl methyl sites for hydroxylation is 2. The van der Waals surface area contributed by atoms with Gasteiger partial charge in [0.15, 0.2) is 0 Å². The van der Waals surface area contributed by atoms with Gasteiger partial charge in [0.05, 0.1) is 6.61 Å². The van der Waals surface area contributed by atoms with Crippen molar-refractivity contribution in [3.63, 3.8) is 0 Å². The molecule has 1 aliphatic rings. The molecule has 27 heavy (non-hydrogen) atoms. The normalized spacial score (nSPS) is 15.4. The third kappa shape index (κ3) is 5.85. The summed E-state index contributed by atoms with van der Waals surface area (Å²) in [5.41, 5.74) is 4.26. The average molecular weight is 366 g/mol. The molecule has 1 aliphatic carbocycles. The summed E-state index contributed by atoms with van der Waals surface area (Å²) in [6.45, 7) is 3.42. The van der Waals surface area contributed by atoms with Crippen LogP contribution < -0.4 is 10.1 Å². The van der Waals surface area contributed by atoms with E-state index in [2.05, 4.69) is 53.8 Å². The van der Waals surface area contributed by atoms with E-state index in [0.29, 0.717) is 12.3 Å². The summed E-state index contributed by atoms with van der Waals surface area (Å²) in [5, 5.41) is 3.00. The molecule has 144 valence electrons. The molecule has 0 saturated carbocycles. The molecule has 0 radical (unpaired) electrons. The third-order valence-electron chi connectivity index (χ3n) is 5.43. The van der Waals surface area contributed by atoms with Crippen molar-refractivity contribution in [2.45, 2.75) is 57.8 Å². The molecule has 2 aromatic carbocycles. The van der Waals surface area contributed by atoms with Crippen molar-refractivity contribution in [1.82, 2.24) is 5.32 Å². The first kappa shape index (κ1) is 19.5. The lowest BCUT2D eigenvalue weighted by molar-refractivity contribution is -0.120. The average Bonchev–Trinajstić information content (AvgIpc) is 3.11. The zero-order valence-corrected chi connectivity index (χ0v) is 16.4. The van der Waals surface area contributed by atoms with Gasteiger partial charge in [0.25, 0.3) is 0 Å². The molecule has 1 unspecified atom stereocenters. The quantitative estimate of drug-likeness (QED) is 0.599. The third-order valence-corrected chi connectivity index (χ3v) is 5.43. The van der Waals surface area contributed by atoms with Crippen LogP contribution in [-0.4, -0.2) is 19.1 Å². The Morgan fingerprint density at radius 2 is 2.00 bits per heavy atom. The first-order valence-corrected chi connectivity index (χ1v) is 10.3. The minimum atomic E-state index is 0.140. The fourth-order valence-electron chi connectivity index (χ4n) is 3.83. The van der Waals surface area contributed by atoms with Crippen LogP contribution in [0.25, 0.3) is 0 Å². The van der Waals surface area contributed by atoms with Gasteiger partial charge in [-0.25, -0.2) is 0 Å². The van der Waals surface area contributed by atoms with Crippen LogP contribution in [-0.2, 0) is 17.6 Å². The van der Waals surface area contributed by atoms with Crippen molar-refractivity contribution in [2.24, 2.45) is 0 Å². The van der Waals surface area contributed by atoms with Crippen LogP contribution >= 0.6 is 0 Å². The van der Waals surface area contributed by atoms with Gasteiger partial charge in [-0.15, -0.1) is 0 Å². The summed E-state index contributed by atoms with van der Waals surface area (Å²) in [6, 6.07) is 17.2. The number of ether oxygens (including phenoxy) is 1. The fraction of sp³-hybridized carbons (Fsp3) is 0.458. The van der Waals surface area contributed by atoms with Crippen molar-refractivity contribution >= 4 is 5.91 Å². The van der Waals surface area contributed by atoms with E-state index in [0.717, 1.165) is 51.0 Å². The van der Waals surface area contributed by atoms with Crippen LogP contribution in [0.1, 0.15) is 61.6 Å². The number of amides is 1. The van der Waals surface area contributed by atoms with Crippen LogP contribution in [0.2, 0.25) is 0 Å². The molecule has 0 aliphatic heterocycles. The van der Waals surface area contributed by atoms with E-state index in [1.807, 2.05) is 6.92 Å². The van der Waals surface area contributed by atoms with E-state index in [9.17, 15) is 4.79 Å². The first-order valence-electron chi connectivity index (χ1n) is 10.3. The lowest BCUT2D eigenvalue weighted by atomic mass is 9.97. The monoisotopic (exact) mass is 365 g/mol. The van der Waals surface area contributed by atoms with E-state index in [1.165, 1.54) is 23.1 Å². The Labute approximate surface area is 163 Å². The van der Waals surface area contributed by atoms with Gasteiger partial charge in [-0.05, 0) is 73.3 Å². The summed E-state index contributed by atoms with van der Waals surface area (Å²) in [6.07, 6.45) is 7.22. The number of nitrogens with one attached hydrogen (secondary N) is 1. The van der Waals surface area contributed by atoms with Crippen LogP contribution in [0.5, 0.6) is 5.75 Å². The first-order chi connectivity index (χ1) is 13.3. The Bertz CT molecular complexity index is 726. The van der Waals surface area contributed by atoms with E-state index in [-0.39, 0.29) is 5.91 Å². The second-order valence-corrected chi connectivity index (χ2v) is 7.38. The number of hydrogen-bond donors (Lipinski definition) is 1. The van der Waals surface area contributed by atoms with Gasteiger partial charge in [-0.1, -0.05) is 43.3 Å². The number of carbonyl (C=O) groups excluding carboxylic acids is 1. The van der Waals surface area contributed by atoms with E-state index in [4.69, 9.17) is 4.74 Å². The Morgan fingerprint density at radius 1 is 1.15 bits per heavy atom. The standard InChI is InChI=1S/C24H31NO2/c1-2-24(26)25-16-15-21-12-11-20-13-14-22(18-23(20)21)27-17-7-6-10-19-8-4-3-5-9-19/h3-5,8-9,13-14,18,21H,2,6-7,10-12,15-17H2,1H3,(H,25,26). The highest BCUT2D eigenvalue weighted by molar-refractivity contribution is 5.75. The zero-order chi connectivity index (χ0) is 18.9. The number of fused-ring (bicyclic) bond motifs is 1. The zero-order valence-electron chi connectivity index (χ0n) is 16.4. The van der Waals surface area contributed by atoms with Gasteiger partial charge in [0, 0.05) is 13.0 Å². The molecule has 0 bridgehead atoms. The van der Waals surface area contributed by atoms with Gasteiger partial charge >= 0.3 is 0 Å². The van der Waals surface area contributed by atoms with Crippen molar-refractivity contribution in [2.75, 3.05) is 13.2 Å². The lowest BCUT2D eigenvalue weighted by Gasteiger charge is -2.14. The van der Waals surface area contributed by atoms with Gasteiger partial charge in [0.2, 0.25) is 5.91 Å². The summed E-state index contributed by atoms with van der Waals surface area (Å²) in [5.74, 6) is 1.66. The summed E-state index contributed by atoms with van der Waals surface area (Å²) < 4.78 is 6.01. The Balaban J connectivity index is 1.43. The largest absolute Gasteiger partial charge is 0.494 e. The van der Waals surface area contributed by atoms with Crippen molar-refractivity contribution in [3.8, 4) is 5.75 Å². The molecule has 1 N–H and O–H groups in total. The maximum atomic E-state index is 11.4. The molecule has 1 atom stereocenters. The van der Waals surface area contributed by atoms with Gasteiger partial charge in [-0.2, -0.15) is 0 Å². The second-order valence-electron chi connectivity index (χ2n) is 7.38. The predicted octanol–water partition coefficient (Wildman–Crippen LogP) is 5.03. The van der Waals surface area contributed by atoms with Crippen LogP contribution in [0.4, 0.5) is 0 Å². The van der Waals surface area contributed by atoms with Crippen LogP contribution in [0.15, 0.2) is 48.5 Å². The van der Waals surface area contributed by atoms with E-state index < -0.39 is 0 Å². The highest BCUT2D eigenvalue weighted by Crippen LogP contribution is 2.37. The Morgan fingerprint density at radius 3 is 2.81 bits per heavy atom. The molecule has 3 heteroatoms. The summed E-state index contributed by atoms with van der Waals surface area (Å²) in [4.78, 5) is 11.4. The summed E-state index contributed by atoms with van der Waals surface area (Å²) in [7, 11) is 0. The molecule has 3 nitrogen and oxygen atoms in total. The van der Waals surface area contributed by atoms with E-state index in [1.54, 1.807) is 0 Å². The van der Waals surface area contributed by atoms with E-state index >= 15 is 0 Å². The molecule has 0 fully saturated rings. The van der Waals surface area contributed by atoms with Gasteiger partial charge in [0.1, 0.15) is 5.75 Å². The number of carbonyl (C=O) groups is 1. The highest BCUT2D eigenvalue weighted by atomic mass is 16.5. The number of rotatable bonds is 10. The Hall–Kier alpha value is -2.29. The molecule has 2 aromatic rings. The molecule has 0 aromatic heterocycles. The molecule has 0 heterocycles. The highest BCUT2D eigenvalue weighted by Gasteiger charge is 2.22. The topological polar surface area (TPSA) is 38.3 Å². The number of hydrogen-bond acceptors (Lipinski definition) is 2. The van der Waals surface area contributed by atoms with Crippen molar-refractivity contribution in [1.29, 1.82) is 0 Å². The molecule has 0 spiro atoms. The smallest absolute Gasteiger partial charge is 0.219 e.